The number of nitrogens with zero attached hydrogens (tertiary/aromatic N) is 2. The van der Waals surface area contributed by atoms with Crippen molar-refractivity contribution in [3.05, 3.63) is 17.8 Å². The lowest BCUT2D eigenvalue weighted by Gasteiger charge is -2.34. The number of carbonyl (C=O) groups is 1. The van der Waals surface area contributed by atoms with Crippen molar-refractivity contribution in [3.63, 3.8) is 0 Å². The summed E-state index contributed by atoms with van der Waals surface area (Å²) >= 11 is 0. The number of hydrogen-bond acceptors (Lipinski definition) is 6. The van der Waals surface area contributed by atoms with Gasteiger partial charge < -0.3 is 25.4 Å². The molecular formula is C13H20N4O4. The Hall–Kier alpha value is -2.09. The van der Waals surface area contributed by atoms with Gasteiger partial charge in [0.2, 0.25) is 11.8 Å². The van der Waals surface area contributed by atoms with Gasteiger partial charge in [-0.3, -0.25) is 4.79 Å². The maximum absolute atomic E-state index is 12.5. The van der Waals surface area contributed by atoms with E-state index < -0.39 is 5.41 Å². The maximum Gasteiger partial charge on any atom is 0.234 e. The minimum Gasteiger partial charge on any atom is -0.444 e. The monoisotopic (exact) mass is 296 g/mol. The first-order valence-corrected chi connectivity index (χ1v) is 6.90. The van der Waals surface area contributed by atoms with E-state index in [0.29, 0.717) is 31.9 Å². The van der Waals surface area contributed by atoms with E-state index in [2.05, 4.69) is 15.5 Å². The largest absolute Gasteiger partial charge is 0.444 e. The topological polar surface area (TPSA) is 123 Å². The molecule has 0 spiro atoms. The van der Waals surface area contributed by atoms with Crippen molar-refractivity contribution in [1.29, 1.82) is 0 Å². The van der Waals surface area contributed by atoms with Gasteiger partial charge in [-0.05, 0) is 12.8 Å². The molecule has 0 saturated carbocycles. The quantitative estimate of drug-likeness (QED) is 0.313. The first-order valence-electron chi connectivity index (χ1n) is 6.90. The third-order valence-corrected chi connectivity index (χ3v) is 3.73. The van der Waals surface area contributed by atoms with E-state index in [1.807, 2.05) is 6.92 Å². The molecule has 1 fully saturated rings. The number of hydrogen-bond donors (Lipinski definition) is 3. The van der Waals surface area contributed by atoms with Crippen molar-refractivity contribution >= 4 is 11.7 Å². The first-order chi connectivity index (χ1) is 10.1. The number of amidine groups is 1. The molecule has 4 N–H and O–H groups in total. The molecule has 1 saturated heterocycles. The lowest BCUT2D eigenvalue weighted by atomic mass is 9.78. The normalized spacial score (nSPS) is 18.4. The van der Waals surface area contributed by atoms with Crippen LogP contribution in [0.15, 0.2) is 15.8 Å². The summed E-state index contributed by atoms with van der Waals surface area (Å²) in [4.78, 5) is 16.5. The molecule has 8 nitrogen and oxygen atoms in total. The summed E-state index contributed by atoms with van der Waals surface area (Å²) in [6.07, 6.45) is 3.13. The van der Waals surface area contributed by atoms with Crippen molar-refractivity contribution in [1.82, 2.24) is 10.3 Å². The Morgan fingerprint density at radius 2 is 2.29 bits per heavy atom. The van der Waals surface area contributed by atoms with E-state index in [4.69, 9.17) is 20.1 Å². The second kappa shape index (κ2) is 6.57. The zero-order valence-corrected chi connectivity index (χ0v) is 12.0. The SMILES string of the molecule is CCc1cnc(CNC(=O)C2(C(N)=NO)CCOCC2)o1. The van der Waals surface area contributed by atoms with E-state index in [9.17, 15) is 4.79 Å². The Kier molecular flexibility index (Phi) is 4.79. The summed E-state index contributed by atoms with van der Waals surface area (Å²) in [5, 5.41) is 14.7. The molecule has 0 aliphatic carbocycles. The van der Waals surface area contributed by atoms with Crippen LogP contribution < -0.4 is 11.1 Å². The van der Waals surface area contributed by atoms with Gasteiger partial charge in [-0.25, -0.2) is 4.98 Å². The number of nitrogens with two attached hydrogens (primary N) is 1. The number of oxazole rings is 1. The van der Waals surface area contributed by atoms with Gasteiger partial charge in [0.25, 0.3) is 0 Å². The summed E-state index contributed by atoms with van der Waals surface area (Å²) in [5.41, 5.74) is 4.69. The number of nitrogens with one attached hydrogen (secondary N) is 1. The van der Waals surface area contributed by atoms with Crippen molar-refractivity contribution < 1.29 is 19.2 Å². The standard InChI is InChI=1S/C13H20N4O4/c1-2-9-7-15-10(21-9)8-16-12(18)13(11(14)17-19)3-5-20-6-4-13/h7,19H,2-6,8H2,1H3,(H2,14,17)(H,16,18). The van der Waals surface area contributed by atoms with Crippen LogP contribution in [-0.2, 0) is 22.5 Å². The van der Waals surface area contributed by atoms with Crippen LogP contribution in [0.1, 0.15) is 31.4 Å². The average Bonchev–Trinajstić information content (AvgIpc) is 3.00. The fourth-order valence-electron chi connectivity index (χ4n) is 2.33. The van der Waals surface area contributed by atoms with E-state index in [1.54, 1.807) is 6.20 Å². The summed E-state index contributed by atoms with van der Waals surface area (Å²) in [6.45, 7) is 2.91. The molecule has 21 heavy (non-hydrogen) atoms. The third kappa shape index (κ3) is 3.15. The number of rotatable bonds is 5. The molecule has 0 aromatic carbocycles. The van der Waals surface area contributed by atoms with E-state index in [0.717, 1.165) is 12.2 Å². The molecule has 1 aliphatic rings. The molecule has 1 aliphatic heterocycles. The molecule has 0 unspecified atom stereocenters. The van der Waals surface area contributed by atoms with Crippen LogP contribution in [-0.4, -0.2) is 35.1 Å². The Labute approximate surface area is 122 Å². The second-order valence-electron chi connectivity index (χ2n) is 4.94. The average molecular weight is 296 g/mol. The molecule has 2 heterocycles. The third-order valence-electron chi connectivity index (χ3n) is 3.73. The fourth-order valence-corrected chi connectivity index (χ4v) is 2.33. The number of carbonyl (C=O) groups excluding carboxylic acids is 1. The highest BCUT2D eigenvalue weighted by Gasteiger charge is 2.44. The molecule has 0 atom stereocenters. The Balaban J connectivity index is 2.05. The van der Waals surface area contributed by atoms with Crippen LogP contribution in [0.25, 0.3) is 0 Å². The van der Waals surface area contributed by atoms with Gasteiger partial charge in [0.05, 0.1) is 12.7 Å². The minimum absolute atomic E-state index is 0.0926. The summed E-state index contributed by atoms with van der Waals surface area (Å²) in [5.74, 6) is 0.792. The van der Waals surface area contributed by atoms with Gasteiger partial charge in [-0.15, -0.1) is 0 Å². The van der Waals surface area contributed by atoms with Gasteiger partial charge in [0.1, 0.15) is 11.2 Å². The Morgan fingerprint density at radius 3 is 2.86 bits per heavy atom. The molecule has 0 bridgehead atoms. The predicted molar refractivity (Wildman–Crippen MR) is 73.6 cm³/mol. The molecule has 1 amide bonds. The highest BCUT2D eigenvalue weighted by atomic mass is 16.5. The lowest BCUT2D eigenvalue weighted by molar-refractivity contribution is -0.131. The highest BCUT2D eigenvalue weighted by Crippen LogP contribution is 2.31. The van der Waals surface area contributed by atoms with E-state index >= 15 is 0 Å². The predicted octanol–water partition coefficient (Wildman–Crippen LogP) is 0.396. The maximum atomic E-state index is 12.5. The summed E-state index contributed by atoms with van der Waals surface area (Å²) in [7, 11) is 0. The molecule has 1 aromatic rings. The number of aryl methyl sites for hydroxylation is 1. The number of aromatic nitrogens is 1. The Morgan fingerprint density at radius 1 is 1.57 bits per heavy atom. The number of ether oxygens (including phenoxy) is 1. The summed E-state index contributed by atoms with van der Waals surface area (Å²) in [6, 6.07) is 0. The van der Waals surface area contributed by atoms with Gasteiger partial charge in [-0.2, -0.15) is 0 Å². The van der Waals surface area contributed by atoms with Crippen LogP contribution in [0.4, 0.5) is 0 Å². The van der Waals surface area contributed by atoms with Crippen molar-refractivity contribution in [2.24, 2.45) is 16.3 Å². The molecule has 1 aromatic heterocycles. The first kappa shape index (κ1) is 15.3. The van der Waals surface area contributed by atoms with Gasteiger partial charge >= 0.3 is 0 Å². The molecule has 0 radical (unpaired) electrons. The number of oxime groups is 1. The molecule has 2 rings (SSSR count). The molecule has 8 heteroatoms. The Bertz CT molecular complexity index is 520. The smallest absolute Gasteiger partial charge is 0.234 e. The zero-order valence-electron chi connectivity index (χ0n) is 12.0. The van der Waals surface area contributed by atoms with Crippen molar-refractivity contribution in [3.8, 4) is 0 Å². The number of amides is 1. The summed E-state index contributed by atoms with van der Waals surface area (Å²) < 4.78 is 10.7. The fraction of sp³-hybridized carbons (Fsp3) is 0.615. The van der Waals surface area contributed by atoms with Crippen LogP contribution in [0.3, 0.4) is 0 Å². The zero-order chi connectivity index (χ0) is 15.3. The molecular weight excluding hydrogens is 276 g/mol. The van der Waals surface area contributed by atoms with Crippen LogP contribution >= 0.6 is 0 Å². The van der Waals surface area contributed by atoms with Crippen molar-refractivity contribution in [2.45, 2.75) is 32.7 Å². The van der Waals surface area contributed by atoms with E-state index in [1.165, 1.54) is 0 Å². The van der Waals surface area contributed by atoms with Gasteiger partial charge in [0, 0.05) is 19.6 Å². The minimum atomic E-state index is -1.03. The molecule has 116 valence electrons. The van der Waals surface area contributed by atoms with Crippen molar-refractivity contribution in [2.75, 3.05) is 13.2 Å². The van der Waals surface area contributed by atoms with Gasteiger partial charge in [-0.1, -0.05) is 12.1 Å². The van der Waals surface area contributed by atoms with Crippen LogP contribution in [0, 0.1) is 5.41 Å². The van der Waals surface area contributed by atoms with Gasteiger partial charge in [0.15, 0.2) is 5.84 Å². The highest BCUT2D eigenvalue weighted by molar-refractivity contribution is 6.06. The lowest BCUT2D eigenvalue weighted by Crippen LogP contribution is -2.52. The van der Waals surface area contributed by atoms with Crippen LogP contribution in [0.2, 0.25) is 0 Å². The van der Waals surface area contributed by atoms with Crippen LogP contribution in [0.5, 0.6) is 0 Å². The second-order valence-corrected chi connectivity index (χ2v) is 4.94. The van der Waals surface area contributed by atoms with E-state index in [-0.39, 0.29) is 18.3 Å².